The Balaban J connectivity index is 2.25. The van der Waals surface area contributed by atoms with Gasteiger partial charge in [-0.05, 0) is 18.2 Å². The molecule has 0 aliphatic carbocycles. The Morgan fingerprint density at radius 3 is 2.81 bits per heavy atom. The largest absolute Gasteiger partial charge is 0.481 e. The van der Waals surface area contributed by atoms with E-state index in [0.717, 1.165) is 10.2 Å². The van der Waals surface area contributed by atoms with Crippen LogP contribution in [0.1, 0.15) is 0 Å². The van der Waals surface area contributed by atoms with E-state index in [1.807, 2.05) is 0 Å². The molecule has 0 unspecified atom stereocenters. The van der Waals surface area contributed by atoms with Crippen molar-refractivity contribution >= 4 is 56.9 Å². The maximum atomic E-state index is 10.5. The predicted molar refractivity (Wildman–Crippen MR) is 85.1 cm³/mol. The van der Waals surface area contributed by atoms with Crippen LogP contribution in [0.4, 0.5) is 5.69 Å². The van der Waals surface area contributed by atoms with Crippen molar-refractivity contribution in [2.45, 2.75) is 4.34 Å². The van der Waals surface area contributed by atoms with Crippen LogP contribution in [0.25, 0.3) is 10.2 Å². The summed E-state index contributed by atoms with van der Waals surface area (Å²) in [6.07, 6.45) is 0. The molecule has 0 aliphatic rings. The number of nitrogens with zero attached hydrogens (tertiary/aromatic N) is 3. The van der Waals surface area contributed by atoms with E-state index in [9.17, 15) is 4.79 Å². The van der Waals surface area contributed by atoms with E-state index in [1.54, 1.807) is 18.2 Å². The number of hydrogen-bond acceptors (Lipinski definition) is 5. The van der Waals surface area contributed by atoms with E-state index in [4.69, 9.17) is 22.3 Å². The standard InChI is InChI=1S/C11H12N6O2S2/c12-9(13)17-10(14)15-5-1-2-6-7(3-5)21-11(16-6)20-4-8(18)19/h1-3H,4H2,(H,18,19)(H6,12,13,14,15,17). The Morgan fingerprint density at radius 2 is 2.14 bits per heavy atom. The van der Waals surface area contributed by atoms with Crippen LogP contribution in [-0.4, -0.2) is 33.7 Å². The summed E-state index contributed by atoms with van der Waals surface area (Å²) in [7, 11) is 0. The summed E-state index contributed by atoms with van der Waals surface area (Å²) in [5.41, 5.74) is 17.3. The minimum absolute atomic E-state index is 0.0255. The van der Waals surface area contributed by atoms with Gasteiger partial charge in [0.05, 0.1) is 21.7 Å². The molecule has 0 spiro atoms. The summed E-state index contributed by atoms with van der Waals surface area (Å²) in [5.74, 6) is -1.11. The summed E-state index contributed by atoms with van der Waals surface area (Å²) in [6, 6.07) is 5.29. The molecule has 0 saturated carbocycles. The number of carboxylic acid groups (broad SMARTS) is 1. The Hall–Kier alpha value is -2.33. The number of aliphatic carboxylic acids is 1. The molecule has 21 heavy (non-hydrogen) atoms. The van der Waals surface area contributed by atoms with Gasteiger partial charge in [0.2, 0.25) is 5.96 Å². The van der Waals surface area contributed by atoms with Crippen LogP contribution in [0, 0.1) is 0 Å². The Labute approximate surface area is 127 Å². The second-order valence-corrected chi connectivity index (χ2v) is 6.07. The van der Waals surface area contributed by atoms with Crippen LogP contribution >= 0.6 is 23.1 Å². The minimum atomic E-state index is -0.880. The average Bonchev–Trinajstić information content (AvgIpc) is 2.77. The second-order valence-electron chi connectivity index (χ2n) is 3.82. The van der Waals surface area contributed by atoms with Crippen molar-refractivity contribution in [2.75, 3.05) is 5.75 Å². The molecule has 8 nitrogen and oxygen atoms in total. The lowest BCUT2D eigenvalue weighted by Gasteiger charge is -1.95. The lowest BCUT2D eigenvalue weighted by atomic mass is 10.3. The first-order chi connectivity index (χ1) is 9.94. The summed E-state index contributed by atoms with van der Waals surface area (Å²) in [5, 5.41) is 8.66. The number of thiazole rings is 1. The van der Waals surface area contributed by atoms with Crippen molar-refractivity contribution in [3.05, 3.63) is 18.2 Å². The fraction of sp³-hybridized carbons (Fsp3) is 0.0909. The number of benzene rings is 1. The highest BCUT2D eigenvalue weighted by Crippen LogP contribution is 2.31. The molecule has 110 valence electrons. The van der Waals surface area contributed by atoms with Gasteiger partial charge in [-0.1, -0.05) is 11.8 Å². The fourth-order valence-electron chi connectivity index (χ4n) is 1.44. The SMILES string of the molecule is NC(N)=NC(N)=Nc1ccc2nc(SCC(=O)O)sc2c1. The molecule has 0 bridgehead atoms. The number of hydrogen-bond donors (Lipinski definition) is 4. The third kappa shape index (κ3) is 4.33. The number of carbonyl (C=O) groups is 1. The first-order valence-electron chi connectivity index (χ1n) is 5.63. The Morgan fingerprint density at radius 1 is 1.38 bits per heavy atom. The number of nitrogens with two attached hydrogens (primary N) is 3. The molecular weight excluding hydrogens is 312 g/mol. The van der Waals surface area contributed by atoms with E-state index in [0.29, 0.717) is 10.0 Å². The van der Waals surface area contributed by atoms with E-state index in [1.165, 1.54) is 23.1 Å². The molecule has 0 amide bonds. The van der Waals surface area contributed by atoms with Crippen LogP contribution in [0.3, 0.4) is 0 Å². The summed E-state index contributed by atoms with van der Waals surface area (Å²) < 4.78 is 1.56. The Bertz CT molecular complexity index is 735. The van der Waals surface area contributed by atoms with Crippen LogP contribution in [0.5, 0.6) is 0 Å². The van der Waals surface area contributed by atoms with E-state index in [-0.39, 0.29) is 17.7 Å². The monoisotopic (exact) mass is 324 g/mol. The first-order valence-corrected chi connectivity index (χ1v) is 7.43. The number of fused-ring (bicyclic) bond motifs is 1. The lowest BCUT2D eigenvalue weighted by Crippen LogP contribution is -2.26. The van der Waals surface area contributed by atoms with Gasteiger partial charge in [0.1, 0.15) is 0 Å². The van der Waals surface area contributed by atoms with Gasteiger partial charge in [0, 0.05) is 0 Å². The molecule has 0 radical (unpaired) electrons. The predicted octanol–water partition coefficient (Wildman–Crippen LogP) is 0.693. The second kappa shape index (κ2) is 6.41. The molecule has 1 heterocycles. The number of aliphatic imine (C=N–C) groups is 2. The number of rotatable bonds is 4. The molecule has 2 aromatic rings. The van der Waals surface area contributed by atoms with Crippen molar-refractivity contribution in [2.24, 2.45) is 27.2 Å². The third-order valence-electron chi connectivity index (χ3n) is 2.16. The third-order valence-corrected chi connectivity index (χ3v) is 4.30. The van der Waals surface area contributed by atoms with E-state index >= 15 is 0 Å². The fourth-order valence-corrected chi connectivity index (χ4v) is 3.26. The van der Waals surface area contributed by atoms with E-state index < -0.39 is 5.97 Å². The lowest BCUT2D eigenvalue weighted by molar-refractivity contribution is -0.133. The maximum Gasteiger partial charge on any atom is 0.313 e. The molecule has 1 aromatic carbocycles. The maximum absolute atomic E-state index is 10.5. The highest BCUT2D eigenvalue weighted by Gasteiger charge is 2.07. The molecule has 0 atom stereocenters. The number of carboxylic acids is 1. The van der Waals surface area contributed by atoms with Gasteiger partial charge < -0.3 is 22.3 Å². The zero-order valence-electron chi connectivity index (χ0n) is 10.7. The van der Waals surface area contributed by atoms with Gasteiger partial charge in [-0.2, -0.15) is 4.99 Å². The smallest absolute Gasteiger partial charge is 0.313 e. The molecule has 0 saturated heterocycles. The van der Waals surface area contributed by atoms with Crippen molar-refractivity contribution in [3.63, 3.8) is 0 Å². The zero-order valence-corrected chi connectivity index (χ0v) is 12.3. The number of guanidine groups is 2. The quantitative estimate of drug-likeness (QED) is 0.366. The highest BCUT2D eigenvalue weighted by molar-refractivity contribution is 8.01. The molecule has 1 aromatic heterocycles. The normalized spacial score (nSPS) is 11.5. The van der Waals surface area contributed by atoms with Gasteiger partial charge in [0.15, 0.2) is 10.3 Å². The van der Waals surface area contributed by atoms with Crippen molar-refractivity contribution in [1.29, 1.82) is 0 Å². The van der Waals surface area contributed by atoms with Gasteiger partial charge in [-0.25, -0.2) is 9.98 Å². The highest BCUT2D eigenvalue weighted by atomic mass is 32.2. The summed E-state index contributed by atoms with van der Waals surface area (Å²) in [6.45, 7) is 0. The topological polar surface area (TPSA) is 153 Å². The number of thioether (sulfide) groups is 1. The van der Waals surface area contributed by atoms with Gasteiger partial charge in [-0.3, -0.25) is 4.79 Å². The number of aromatic nitrogens is 1. The van der Waals surface area contributed by atoms with Crippen LogP contribution < -0.4 is 17.2 Å². The molecule has 2 rings (SSSR count). The average molecular weight is 324 g/mol. The molecule has 7 N–H and O–H groups in total. The molecule has 0 aliphatic heterocycles. The van der Waals surface area contributed by atoms with Crippen molar-refractivity contribution in [1.82, 2.24) is 4.98 Å². The van der Waals surface area contributed by atoms with Gasteiger partial charge in [0.25, 0.3) is 0 Å². The van der Waals surface area contributed by atoms with Crippen molar-refractivity contribution in [3.8, 4) is 0 Å². The summed E-state index contributed by atoms with van der Waals surface area (Å²) in [4.78, 5) is 22.5. The molecular formula is C11H12N6O2S2. The summed E-state index contributed by atoms with van der Waals surface area (Å²) >= 11 is 2.56. The van der Waals surface area contributed by atoms with Crippen LogP contribution in [-0.2, 0) is 4.79 Å². The van der Waals surface area contributed by atoms with Crippen LogP contribution in [0.2, 0.25) is 0 Å². The Kier molecular flexibility index (Phi) is 4.60. The van der Waals surface area contributed by atoms with E-state index in [2.05, 4.69) is 15.0 Å². The zero-order chi connectivity index (χ0) is 15.4. The van der Waals surface area contributed by atoms with Crippen LogP contribution in [0.15, 0.2) is 32.5 Å². The van der Waals surface area contributed by atoms with Gasteiger partial charge in [-0.15, -0.1) is 11.3 Å². The minimum Gasteiger partial charge on any atom is -0.481 e. The molecule has 0 fully saturated rings. The first kappa shape index (κ1) is 15.1. The van der Waals surface area contributed by atoms with Crippen molar-refractivity contribution < 1.29 is 9.90 Å². The molecule has 10 heteroatoms. The van der Waals surface area contributed by atoms with Gasteiger partial charge >= 0.3 is 5.97 Å².